The van der Waals surface area contributed by atoms with Gasteiger partial charge in [0.05, 0.1) is 12.0 Å². The summed E-state index contributed by atoms with van der Waals surface area (Å²) in [5.41, 5.74) is 2.12. The molecule has 0 aliphatic carbocycles. The maximum Gasteiger partial charge on any atom is 0.230 e. The predicted octanol–water partition coefficient (Wildman–Crippen LogP) is 2.80. The number of rotatable bonds is 4. The van der Waals surface area contributed by atoms with Crippen LogP contribution in [0.15, 0.2) is 54.6 Å². The summed E-state index contributed by atoms with van der Waals surface area (Å²) in [4.78, 5) is 37.9. The molecule has 1 heterocycles. The Morgan fingerprint density at radius 3 is 2.31 bits per heavy atom. The van der Waals surface area contributed by atoms with E-state index in [0.717, 1.165) is 5.56 Å². The normalized spacial score (nSPS) is 19.3. The molecule has 0 saturated carbocycles. The summed E-state index contributed by atoms with van der Waals surface area (Å²) in [5.74, 6) is -0.914. The van der Waals surface area contributed by atoms with E-state index in [4.69, 9.17) is 0 Å². The van der Waals surface area contributed by atoms with Crippen LogP contribution in [0, 0.1) is 5.92 Å². The third-order valence-electron chi connectivity index (χ3n) is 4.51. The molecule has 1 fully saturated rings. The molecule has 0 spiro atoms. The zero-order valence-corrected chi connectivity index (χ0v) is 14.7. The van der Waals surface area contributed by atoms with Crippen LogP contribution in [0.25, 0.3) is 0 Å². The minimum Gasteiger partial charge on any atom is -0.338 e. The first-order chi connectivity index (χ1) is 12.5. The van der Waals surface area contributed by atoms with Crippen LogP contribution in [-0.4, -0.2) is 29.7 Å². The van der Waals surface area contributed by atoms with Crippen LogP contribution in [0.4, 0.5) is 11.4 Å². The van der Waals surface area contributed by atoms with Crippen molar-refractivity contribution < 1.29 is 14.4 Å². The molecule has 2 aromatic rings. The fraction of sp³-hybridized carbons (Fsp3) is 0.250. The number of amides is 3. The van der Waals surface area contributed by atoms with Crippen LogP contribution < -0.4 is 10.6 Å². The zero-order valence-electron chi connectivity index (χ0n) is 14.7. The molecule has 0 bridgehead atoms. The van der Waals surface area contributed by atoms with Crippen molar-refractivity contribution in [3.8, 4) is 0 Å². The molecular formula is C20H21N3O3. The summed E-state index contributed by atoms with van der Waals surface area (Å²) >= 11 is 0. The lowest BCUT2D eigenvalue weighted by molar-refractivity contribution is -0.128. The van der Waals surface area contributed by atoms with Gasteiger partial charge in [-0.2, -0.15) is 0 Å². The second-order valence-corrected chi connectivity index (χ2v) is 6.42. The molecular weight excluding hydrogens is 330 g/mol. The number of nitrogens with zero attached hydrogens (tertiary/aromatic N) is 1. The monoisotopic (exact) mass is 351 g/mol. The third kappa shape index (κ3) is 3.74. The Morgan fingerprint density at radius 1 is 1.00 bits per heavy atom. The number of benzene rings is 2. The number of hydrogen-bond acceptors (Lipinski definition) is 3. The van der Waals surface area contributed by atoms with E-state index in [1.54, 1.807) is 36.2 Å². The number of carbonyl (C=O) groups excluding carboxylic acids is 3. The van der Waals surface area contributed by atoms with E-state index in [1.165, 1.54) is 6.92 Å². The van der Waals surface area contributed by atoms with Gasteiger partial charge >= 0.3 is 0 Å². The second kappa shape index (κ2) is 7.39. The van der Waals surface area contributed by atoms with Crippen LogP contribution in [0.2, 0.25) is 0 Å². The fourth-order valence-electron chi connectivity index (χ4n) is 3.32. The molecule has 3 rings (SSSR count). The van der Waals surface area contributed by atoms with Gasteiger partial charge in [0.25, 0.3) is 0 Å². The van der Waals surface area contributed by atoms with Gasteiger partial charge in [-0.05, 0) is 23.8 Å². The number of nitrogens with one attached hydrogen (secondary N) is 2. The molecule has 2 unspecified atom stereocenters. The van der Waals surface area contributed by atoms with E-state index in [0.29, 0.717) is 11.4 Å². The minimum atomic E-state index is -0.473. The van der Waals surface area contributed by atoms with Crippen LogP contribution in [0.1, 0.15) is 24.9 Å². The zero-order chi connectivity index (χ0) is 18.7. The van der Waals surface area contributed by atoms with E-state index in [1.807, 2.05) is 30.3 Å². The largest absolute Gasteiger partial charge is 0.338 e. The maximum atomic E-state index is 12.8. The molecule has 26 heavy (non-hydrogen) atoms. The molecule has 0 aromatic heterocycles. The molecule has 0 radical (unpaired) electrons. The molecule has 6 heteroatoms. The lowest BCUT2D eigenvalue weighted by Crippen LogP contribution is -2.30. The molecule has 1 aliphatic heterocycles. The van der Waals surface area contributed by atoms with Gasteiger partial charge in [0.2, 0.25) is 17.7 Å². The van der Waals surface area contributed by atoms with E-state index < -0.39 is 5.92 Å². The SMILES string of the molecule is CC(=O)Nc1cccc(NC(=O)C2CC(=O)N(C)C2c2ccccc2)c1. The van der Waals surface area contributed by atoms with Crippen molar-refractivity contribution in [3.63, 3.8) is 0 Å². The molecule has 134 valence electrons. The topological polar surface area (TPSA) is 78.5 Å². The summed E-state index contributed by atoms with van der Waals surface area (Å²) in [5, 5.41) is 5.55. The van der Waals surface area contributed by atoms with E-state index in [2.05, 4.69) is 10.6 Å². The lowest BCUT2D eigenvalue weighted by Gasteiger charge is -2.25. The van der Waals surface area contributed by atoms with Crippen molar-refractivity contribution in [1.29, 1.82) is 0 Å². The first-order valence-electron chi connectivity index (χ1n) is 8.45. The molecule has 1 aliphatic rings. The maximum absolute atomic E-state index is 12.8. The Bertz CT molecular complexity index is 835. The summed E-state index contributed by atoms with van der Waals surface area (Å²) in [6.07, 6.45) is 0.174. The second-order valence-electron chi connectivity index (χ2n) is 6.42. The summed E-state index contributed by atoms with van der Waals surface area (Å²) in [7, 11) is 1.73. The standard InChI is InChI=1S/C20H21N3O3/c1-13(24)21-15-9-6-10-16(11-15)22-20(26)17-12-18(25)23(2)19(17)14-7-4-3-5-8-14/h3-11,17,19H,12H2,1-2H3,(H,21,24)(H,22,26). The van der Waals surface area contributed by atoms with Crippen molar-refractivity contribution in [1.82, 2.24) is 4.90 Å². The van der Waals surface area contributed by atoms with Crippen molar-refractivity contribution in [3.05, 3.63) is 60.2 Å². The highest BCUT2D eigenvalue weighted by atomic mass is 16.2. The highest BCUT2D eigenvalue weighted by molar-refractivity contribution is 5.98. The summed E-state index contributed by atoms with van der Waals surface area (Å²) in [6, 6.07) is 16.2. The number of carbonyl (C=O) groups is 3. The van der Waals surface area contributed by atoms with Gasteiger partial charge in [0, 0.05) is 31.8 Å². The van der Waals surface area contributed by atoms with Crippen molar-refractivity contribution in [2.24, 2.45) is 5.92 Å². The van der Waals surface area contributed by atoms with E-state index in [9.17, 15) is 14.4 Å². The van der Waals surface area contributed by atoms with Crippen molar-refractivity contribution in [2.45, 2.75) is 19.4 Å². The van der Waals surface area contributed by atoms with E-state index >= 15 is 0 Å². The van der Waals surface area contributed by atoms with Gasteiger partial charge in [-0.1, -0.05) is 36.4 Å². The molecule has 2 N–H and O–H groups in total. The predicted molar refractivity (Wildman–Crippen MR) is 99.4 cm³/mol. The van der Waals surface area contributed by atoms with Gasteiger partial charge in [-0.3, -0.25) is 14.4 Å². The van der Waals surface area contributed by atoms with Gasteiger partial charge < -0.3 is 15.5 Å². The average molecular weight is 351 g/mol. The third-order valence-corrected chi connectivity index (χ3v) is 4.51. The molecule has 1 saturated heterocycles. The summed E-state index contributed by atoms with van der Waals surface area (Å²) < 4.78 is 0. The van der Waals surface area contributed by atoms with Crippen LogP contribution >= 0.6 is 0 Å². The Kier molecular flexibility index (Phi) is 5.02. The molecule has 2 aromatic carbocycles. The van der Waals surface area contributed by atoms with Crippen LogP contribution in [0.5, 0.6) is 0 Å². The Balaban J connectivity index is 1.80. The average Bonchev–Trinajstić information content (AvgIpc) is 2.91. The number of hydrogen-bond donors (Lipinski definition) is 2. The molecule has 2 atom stereocenters. The quantitative estimate of drug-likeness (QED) is 0.889. The van der Waals surface area contributed by atoms with Gasteiger partial charge in [-0.25, -0.2) is 0 Å². The van der Waals surface area contributed by atoms with Crippen molar-refractivity contribution >= 4 is 29.1 Å². The number of likely N-dealkylation sites (tertiary alicyclic amines) is 1. The van der Waals surface area contributed by atoms with Crippen LogP contribution in [-0.2, 0) is 14.4 Å². The lowest BCUT2D eigenvalue weighted by atomic mass is 9.93. The fourth-order valence-corrected chi connectivity index (χ4v) is 3.32. The number of anilines is 2. The summed E-state index contributed by atoms with van der Waals surface area (Å²) in [6.45, 7) is 1.43. The highest BCUT2D eigenvalue weighted by Gasteiger charge is 2.42. The molecule has 6 nitrogen and oxygen atoms in total. The molecule has 3 amide bonds. The first kappa shape index (κ1) is 17.7. The Labute approximate surface area is 152 Å². The highest BCUT2D eigenvalue weighted by Crippen LogP contribution is 2.37. The van der Waals surface area contributed by atoms with Crippen molar-refractivity contribution in [2.75, 3.05) is 17.7 Å². The van der Waals surface area contributed by atoms with Gasteiger partial charge in [0.1, 0.15) is 0 Å². The minimum absolute atomic E-state index is 0.0500. The van der Waals surface area contributed by atoms with Gasteiger partial charge in [0.15, 0.2) is 0 Å². The first-order valence-corrected chi connectivity index (χ1v) is 8.45. The van der Waals surface area contributed by atoms with Crippen LogP contribution in [0.3, 0.4) is 0 Å². The van der Waals surface area contributed by atoms with Gasteiger partial charge in [-0.15, -0.1) is 0 Å². The van der Waals surface area contributed by atoms with E-state index in [-0.39, 0.29) is 30.2 Å². The Morgan fingerprint density at radius 2 is 1.65 bits per heavy atom. The Hall–Kier alpha value is -3.15. The smallest absolute Gasteiger partial charge is 0.230 e.